The summed E-state index contributed by atoms with van der Waals surface area (Å²) in [5.41, 5.74) is 0.763. The van der Waals surface area contributed by atoms with Crippen molar-refractivity contribution in [3.05, 3.63) is 28.2 Å². The Balaban J connectivity index is 2.31. The van der Waals surface area contributed by atoms with Gasteiger partial charge in [0.05, 0.1) is 6.54 Å². The van der Waals surface area contributed by atoms with E-state index in [0.29, 0.717) is 23.1 Å². The van der Waals surface area contributed by atoms with Gasteiger partial charge in [-0.3, -0.25) is 4.79 Å². The number of amides is 1. The van der Waals surface area contributed by atoms with Crippen LogP contribution in [0.3, 0.4) is 0 Å². The molecule has 0 saturated carbocycles. The SMILES string of the molecule is O=C1CNCCN1c1cc(Cl)cc(Cl)c1. The molecule has 15 heavy (non-hydrogen) atoms. The van der Waals surface area contributed by atoms with Crippen LogP contribution < -0.4 is 10.2 Å². The fourth-order valence-corrected chi connectivity index (χ4v) is 2.09. The summed E-state index contributed by atoms with van der Waals surface area (Å²) in [7, 11) is 0. The van der Waals surface area contributed by atoms with Gasteiger partial charge in [0, 0.05) is 28.8 Å². The highest BCUT2D eigenvalue weighted by Crippen LogP contribution is 2.25. The normalized spacial score (nSPS) is 16.9. The van der Waals surface area contributed by atoms with Gasteiger partial charge in [-0.2, -0.15) is 0 Å². The van der Waals surface area contributed by atoms with E-state index in [-0.39, 0.29) is 5.91 Å². The lowest BCUT2D eigenvalue weighted by Gasteiger charge is -2.27. The maximum atomic E-state index is 11.6. The summed E-state index contributed by atoms with van der Waals surface area (Å²) in [6, 6.07) is 5.15. The van der Waals surface area contributed by atoms with Crippen molar-refractivity contribution < 1.29 is 4.79 Å². The molecule has 3 nitrogen and oxygen atoms in total. The van der Waals surface area contributed by atoms with E-state index in [9.17, 15) is 4.79 Å². The summed E-state index contributed by atoms with van der Waals surface area (Å²) < 4.78 is 0. The molecule has 1 aliphatic heterocycles. The van der Waals surface area contributed by atoms with E-state index in [1.165, 1.54) is 0 Å². The zero-order valence-corrected chi connectivity index (χ0v) is 9.48. The summed E-state index contributed by atoms with van der Waals surface area (Å²) in [4.78, 5) is 13.3. The number of halogens is 2. The molecule has 5 heteroatoms. The summed E-state index contributed by atoms with van der Waals surface area (Å²) >= 11 is 11.8. The Morgan fingerprint density at radius 1 is 1.20 bits per heavy atom. The second-order valence-corrected chi connectivity index (χ2v) is 4.22. The highest BCUT2D eigenvalue weighted by molar-refractivity contribution is 6.35. The zero-order valence-electron chi connectivity index (χ0n) is 7.96. The molecule has 0 unspecified atom stereocenters. The monoisotopic (exact) mass is 244 g/mol. The van der Waals surface area contributed by atoms with Crippen molar-refractivity contribution >= 4 is 34.8 Å². The average molecular weight is 245 g/mol. The highest BCUT2D eigenvalue weighted by Gasteiger charge is 2.19. The van der Waals surface area contributed by atoms with Gasteiger partial charge < -0.3 is 10.2 Å². The topological polar surface area (TPSA) is 32.3 Å². The minimum Gasteiger partial charge on any atom is -0.310 e. The summed E-state index contributed by atoms with van der Waals surface area (Å²) in [5, 5.41) is 4.10. The van der Waals surface area contributed by atoms with Crippen LogP contribution in [0.5, 0.6) is 0 Å². The maximum Gasteiger partial charge on any atom is 0.240 e. The standard InChI is InChI=1S/C10H10Cl2N2O/c11-7-3-8(12)5-9(4-7)14-2-1-13-6-10(14)15/h3-5,13H,1-2,6H2. The summed E-state index contributed by atoms with van der Waals surface area (Å²) in [5.74, 6) is 0.0413. The lowest BCUT2D eigenvalue weighted by molar-refractivity contribution is -0.118. The van der Waals surface area contributed by atoms with Gasteiger partial charge in [0.2, 0.25) is 5.91 Å². The van der Waals surface area contributed by atoms with E-state index in [4.69, 9.17) is 23.2 Å². The minimum atomic E-state index is 0.0413. The Morgan fingerprint density at radius 2 is 1.87 bits per heavy atom. The fourth-order valence-electron chi connectivity index (χ4n) is 1.57. The number of hydrogen-bond acceptors (Lipinski definition) is 2. The molecule has 1 aromatic rings. The molecule has 80 valence electrons. The van der Waals surface area contributed by atoms with Gasteiger partial charge >= 0.3 is 0 Å². The predicted octanol–water partition coefficient (Wildman–Crippen LogP) is 1.93. The predicted molar refractivity (Wildman–Crippen MR) is 61.7 cm³/mol. The minimum absolute atomic E-state index is 0.0413. The summed E-state index contributed by atoms with van der Waals surface area (Å²) in [6.07, 6.45) is 0. The first-order valence-corrected chi connectivity index (χ1v) is 5.39. The Hall–Kier alpha value is -0.770. The van der Waals surface area contributed by atoms with E-state index in [1.807, 2.05) is 0 Å². The second kappa shape index (κ2) is 4.39. The van der Waals surface area contributed by atoms with Crippen LogP contribution in [0.4, 0.5) is 5.69 Å². The molecule has 1 heterocycles. The molecule has 0 aliphatic carbocycles. The van der Waals surface area contributed by atoms with Gasteiger partial charge in [-0.15, -0.1) is 0 Å². The van der Waals surface area contributed by atoms with Gasteiger partial charge in [0.25, 0.3) is 0 Å². The Labute approximate surface area is 98.0 Å². The molecule has 2 rings (SSSR count). The maximum absolute atomic E-state index is 11.6. The molecule has 0 bridgehead atoms. The number of hydrogen-bond donors (Lipinski definition) is 1. The largest absolute Gasteiger partial charge is 0.310 e. The Bertz CT molecular complexity index is 375. The van der Waals surface area contributed by atoms with Crippen LogP contribution in [0.25, 0.3) is 0 Å². The highest BCUT2D eigenvalue weighted by atomic mass is 35.5. The number of nitrogens with one attached hydrogen (secondary N) is 1. The molecular formula is C10H10Cl2N2O. The number of anilines is 1. The van der Waals surface area contributed by atoms with E-state index >= 15 is 0 Å². The van der Waals surface area contributed by atoms with E-state index < -0.39 is 0 Å². The number of rotatable bonds is 1. The quantitative estimate of drug-likeness (QED) is 0.819. The molecule has 0 aromatic heterocycles. The van der Waals surface area contributed by atoms with E-state index in [2.05, 4.69) is 5.32 Å². The zero-order chi connectivity index (χ0) is 10.8. The van der Waals surface area contributed by atoms with Crippen molar-refractivity contribution in [2.24, 2.45) is 0 Å². The van der Waals surface area contributed by atoms with E-state index in [1.54, 1.807) is 23.1 Å². The number of piperazine rings is 1. The molecule has 0 spiro atoms. The van der Waals surface area contributed by atoms with Gasteiger partial charge in [0.1, 0.15) is 0 Å². The third-order valence-electron chi connectivity index (χ3n) is 2.25. The van der Waals surface area contributed by atoms with Crippen LogP contribution >= 0.6 is 23.2 Å². The molecule has 1 amide bonds. The molecule has 1 aromatic carbocycles. The van der Waals surface area contributed by atoms with Gasteiger partial charge in [0.15, 0.2) is 0 Å². The van der Waals surface area contributed by atoms with Crippen LogP contribution in [0.15, 0.2) is 18.2 Å². The Kier molecular flexibility index (Phi) is 3.14. The first-order chi connectivity index (χ1) is 7.16. The van der Waals surface area contributed by atoms with Crippen molar-refractivity contribution in [1.29, 1.82) is 0 Å². The van der Waals surface area contributed by atoms with Crippen LogP contribution in [-0.2, 0) is 4.79 Å². The molecular weight excluding hydrogens is 235 g/mol. The number of carbonyl (C=O) groups excluding carboxylic acids is 1. The lowest BCUT2D eigenvalue weighted by Crippen LogP contribution is -2.48. The van der Waals surface area contributed by atoms with Gasteiger partial charge in [-0.25, -0.2) is 0 Å². The average Bonchev–Trinajstić information content (AvgIpc) is 2.16. The molecule has 1 fully saturated rings. The van der Waals surface area contributed by atoms with Crippen LogP contribution in [0, 0.1) is 0 Å². The smallest absolute Gasteiger partial charge is 0.240 e. The van der Waals surface area contributed by atoms with Crippen LogP contribution in [0.1, 0.15) is 0 Å². The third kappa shape index (κ3) is 2.43. The van der Waals surface area contributed by atoms with Crippen molar-refractivity contribution in [1.82, 2.24) is 5.32 Å². The second-order valence-electron chi connectivity index (χ2n) is 3.35. The van der Waals surface area contributed by atoms with Crippen molar-refractivity contribution in [3.8, 4) is 0 Å². The van der Waals surface area contributed by atoms with Crippen LogP contribution in [-0.4, -0.2) is 25.5 Å². The first kappa shape index (κ1) is 10.7. The Morgan fingerprint density at radius 3 is 2.47 bits per heavy atom. The van der Waals surface area contributed by atoms with Crippen molar-refractivity contribution in [2.45, 2.75) is 0 Å². The molecule has 1 N–H and O–H groups in total. The molecule has 1 saturated heterocycles. The third-order valence-corrected chi connectivity index (χ3v) is 2.68. The molecule has 0 atom stereocenters. The fraction of sp³-hybridized carbons (Fsp3) is 0.300. The lowest BCUT2D eigenvalue weighted by atomic mass is 10.2. The number of nitrogens with zero attached hydrogens (tertiary/aromatic N) is 1. The first-order valence-electron chi connectivity index (χ1n) is 4.64. The molecule has 1 aliphatic rings. The number of carbonyl (C=O) groups is 1. The number of benzene rings is 1. The summed E-state index contributed by atoms with van der Waals surface area (Å²) in [6.45, 7) is 1.80. The molecule has 0 radical (unpaired) electrons. The van der Waals surface area contributed by atoms with Crippen molar-refractivity contribution in [3.63, 3.8) is 0 Å². The van der Waals surface area contributed by atoms with Crippen molar-refractivity contribution in [2.75, 3.05) is 24.5 Å². The van der Waals surface area contributed by atoms with Crippen LogP contribution in [0.2, 0.25) is 10.0 Å². The van der Waals surface area contributed by atoms with Gasteiger partial charge in [-0.05, 0) is 18.2 Å². The van der Waals surface area contributed by atoms with Gasteiger partial charge in [-0.1, -0.05) is 23.2 Å². The van der Waals surface area contributed by atoms with E-state index in [0.717, 1.165) is 12.2 Å².